The molecule has 0 aliphatic heterocycles. The quantitative estimate of drug-likeness (QED) is 0.889. The zero-order chi connectivity index (χ0) is 15.2. The minimum absolute atomic E-state index is 0.356. The summed E-state index contributed by atoms with van der Waals surface area (Å²) in [6, 6.07) is 12.0. The first kappa shape index (κ1) is 15.5. The summed E-state index contributed by atoms with van der Waals surface area (Å²) in [6.45, 7) is 0.673. The molecule has 1 atom stereocenters. The van der Waals surface area contributed by atoms with E-state index in [-0.39, 0.29) is 5.82 Å². The fraction of sp³-hybridized carbons (Fsp3) is 0.294. The van der Waals surface area contributed by atoms with Gasteiger partial charge in [-0.1, -0.05) is 30.3 Å². The Balaban J connectivity index is 2.26. The van der Waals surface area contributed by atoms with Crippen LogP contribution in [0.1, 0.15) is 22.7 Å². The Labute approximate surface area is 124 Å². The molecule has 0 spiro atoms. The van der Waals surface area contributed by atoms with Gasteiger partial charge in [-0.05, 0) is 29.7 Å². The highest BCUT2D eigenvalue weighted by molar-refractivity contribution is 5.42. The number of rotatable bonds is 6. The fourth-order valence-electron chi connectivity index (χ4n) is 2.28. The Morgan fingerprint density at radius 1 is 1.10 bits per heavy atom. The van der Waals surface area contributed by atoms with Crippen molar-refractivity contribution >= 4 is 0 Å². The molecule has 0 saturated heterocycles. The van der Waals surface area contributed by atoms with Gasteiger partial charge in [0.05, 0.1) is 25.3 Å². The van der Waals surface area contributed by atoms with Crippen LogP contribution in [0.25, 0.3) is 0 Å². The third-order valence-corrected chi connectivity index (χ3v) is 3.48. The summed E-state index contributed by atoms with van der Waals surface area (Å²) in [5.41, 5.74) is 8.59. The second-order valence-corrected chi connectivity index (χ2v) is 4.82. The molecule has 2 rings (SSSR count). The minimum atomic E-state index is -0.558. The molecule has 0 saturated carbocycles. The van der Waals surface area contributed by atoms with Gasteiger partial charge in [0.1, 0.15) is 11.6 Å². The summed E-state index contributed by atoms with van der Waals surface area (Å²) >= 11 is 0. The average Bonchev–Trinajstić information content (AvgIpc) is 2.52. The molecule has 0 amide bonds. The van der Waals surface area contributed by atoms with Gasteiger partial charge in [0.25, 0.3) is 0 Å². The van der Waals surface area contributed by atoms with Crippen molar-refractivity contribution in [3.8, 4) is 5.75 Å². The molecule has 4 heteroatoms. The maximum atomic E-state index is 14.0. The summed E-state index contributed by atoms with van der Waals surface area (Å²) in [5, 5.41) is 0. The lowest BCUT2D eigenvalue weighted by molar-refractivity contribution is 0.202. The van der Waals surface area contributed by atoms with Crippen LogP contribution in [0.4, 0.5) is 4.39 Å². The van der Waals surface area contributed by atoms with E-state index in [1.54, 1.807) is 19.2 Å². The van der Waals surface area contributed by atoms with E-state index in [9.17, 15) is 4.39 Å². The van der Waals surface area contributed by atoms with E-state index in [1.165, 1.54) is 13.2 Å². The van der Waals surface area contributed by atoms with Gasteiger partial charge in [-0.3, -0.25) is 0 Å². The average molecular weight is 289 g/mol. The van der Waals surface area contributed by atoms with Gasteiger partial charge >= 0.3 is 0 Å². The first-order valence-corrected chi connectivity index (χ1v) is 6.83. The normalized spacial score (nSPS) is 12.2. The van der Waals surface area contributed by atoms with Crippen LogP contribution in [0.5, 0.6) is 5.75 Å². The molecule has 0 bridgehead atoms. The Kier molecular flexibility index (Phi) is 5.31. The summed E-state index contributed by atoms with van der Waals surface area (Å²) < 4.78 is 24.3. The number of nitrogens with two attached hydrogens (primary N) is 1. The van der Waals surface area contributed by atoms with Crippen molar-refractivity contribution in [2.24, 2.45) is 5.73 Å². The van der Waals surface area contributed by atoms with Crippen LogP contribution in [0.15, 0.2) is 42.5 Å². The first-order chi connectivity index (χ1) is 10.2. The van der Waals surface area contributed by atoms with E-state index in [0.29, 0.717) is 17.9 Å². The summed E-state index contributed by atoms with van der Waals surface area (Å²) in [4.78, 5) is 0. The topological polar surface area (TPSA) is 44.5 Å². The molecule has 21 heavy (non-hydrogen) atoms. The molecule has 0 aliphatic rings. The smallest absolute Gasteiger partial charge is 0.132 e. The van der Waals surface area contributed by atoms with Crippen LogP contribution >= 0.6 is 0 Å². The minimum Gasteiger partial charge on any atom is -0.496 e. The largest absolute Gasteiger partial charge is 0.496 e. The predicted molar refractivity (Wildman–Crippen MR) is 81.0 cm³/mol. The summed E-state index contributed by atoms with van der Waals surface area (Å²) in [7, 11) is 3.19. The summed E-state index contributed by atoms with van der Waals surface area (Å²) in [5.74, 6) is 0.108. The van der Waals surface area contributed by atoms with Gasteiger partial charge in [-0.15, -0.1) is 0 Å². The van der Waals surface area contributed by atoms with Gasteiger partial charge in [-0.25, -0.2) is 4.39 Å². The lowest BCUT2D eigenvalue weighted by atomic mass is 9.97. The monoisotopic (exact) mass is 289 g/mol. The molecule has 2 N–H and O–H groups in total. The van der Waals surface area contributed by atoms with Crippen LogP contribution in [-0.2, 0) is 11.2 Å². The lowest BCUT2D eigenvalue weighted by Gasteiger charge is -2.17. The van der Waals surface area contributed by atoms with Crippen molar-refractivity contribution in [2.75, 3.05) is 20.8 Å². The summed E-state index contributed by atoms with van der Waals surface area (Å²) in [6.07, 6.45) is 0.842. The number of hydrogen-bond donors (Lipinski definition) is 1. The standard InChI is InChI=1S/C17H20FNO2/c1-20-11-10-12-6-8-13(9-7-12)17(19)16-14(18)4-3-5-15(16)21-2/h3-9,17H,10-11,19H2,1-2H3. The molecule has 112 valence electrons. The first-order valence-electron chi connectivity index (χ1n) is 6.83. The molecule has 0 heterocycles. The van der Waals surface area contributed by atoms with Crippen molar-refractivity contribution in [1.82, 2.24) is 0 Å². The number of halogens is 1. The van der Waals surface area contributed by atoms with Crippen molar-refractivity contribution in [1.29, 1.82) is 0 Å². The highest BCUT2D eigenvalue weighted by atomic mass is 19.1. The highest BCUT2D eigenvalue weighted by Gasteiger charge is 2.18. The Morgan fingerprint density at radius 2 is 1.81 bits per heavy atom. The molecule has 3 nitrogen and oxygen atoms in total. The maximum absolute atomic E-state index is 14.0. The number of hydrogen-bond acceptors (Lipinski definition) is 3. The molecule has 2 aromatic rings. The second-order valence-electron chi connectivity index (χ2n) is 4.82. The zero-order valence-electron chi connectivity index (χ0n) is 12.3. The van der Waals surface area contributed by atoms with Gasteiger partial charge in [-0.2, -0.15) is 0 Å². The molecule has 1 unspecified atom stereocenters. The van der Waals surface area contributed by atoms with Crippen LogP contribution < -0.4 is 10.5 Å². The highest BCUT2D eigenvalue weighted by Crippen LogP contribution is 2.30. The fourth-order valence-corrected chi connectivity index (χ4v) is 2.28. The van der Waals surface area contributed by atoms with Crippen LogP contribution in [0.2, 0.25) is 0 Å². The van der Waals surface area contributed by atoms with Crippen LogP contribution in [0.3, 0.4) is 0 Å². The SMILES string of the molecule is COCCc1ccc(C(N)c2c(F)cccc2OC)cc1. The zero-order valence-corrected chi connectivity index (χ0v) is 12.3. The molecule has 0 aliphatic carbocycles. The van der Waals surface area contributed by atoms with Gasteiger partial charge in [0.15, 0.2) is 0 Å². The Morgan fingerprint density at radius 3 is 2.43 bits per heavy atom. The molecule has 2 aromatic carbocycles. The Bertz CT molecular complexity index is 584. The van der Waals surface area contributed by atoms with Crippen molar-refractivity contribution in [3.05, 3.63) is 65.0 Å². The van der Waals surface area contributed by atoms with Crippen molar-refractivity contribution < 1.29 is 13.9 Å². The second kappa shape index (κ2) is 7.20. The molecular weight excluding hydrogens is 269 g/mol. The number of benzene rings is 2. The predicted octanol–water partition coefficient (Wildman–Crippen LogP) is 3.07. The van der Waals surface area contributed by atoms with E-state index in [2.05, 4.69) is 0 Å². The van der Waals surface area contributed by atoms with Crippen molar-refractivity contribution in [2.45, 2.75) is 12.5 Å². The van der Waals surface area contributed by atoms with Gasteiger partial charge in [0, 0.05) is 7.11 Å². The van der Waals surface area contributed by atoms with E-state index in [4.69, 9.17) is 15.2 Å². The molecule has 0 radical (unpaired) electrons. The van der Waals surface area contributed by atoms with E-state index in [1.807, 2.05) is 24.3 Å². The Hall–Kier alpha value is -1.91. The van der Waals surface area contributed by atoms with E-state index in [0.717, 1.165) is 17.5 Å². The molecular formula is C17H20FNO2. The molecule has 0 aromatic heterocycles. The molecule has 0 fully saturated rings. The maximum Gasteiger partial charge on any atom is 0.132 e. The van der Waals surface area contributed by atoms with Crippen molar-refractivity contribution in [3.63, 3.8) is 0 Å². The third-order valence-electron chi connectivity index (χ3n) is 3.48. The number of methoxy groups -OCH3 is 2. The van der Waals surface area contributed by atoms with E-state index >= 15 is 0 Å². The van der Waals surface area contributed by atoms with Gasteiger partial charge in [0.2, 0.25) is 0 Å². The van der Waals surface area contributed by atoms with Gasteiger partial charge < -0.3 is 15.2 Å². The lowest BCUT2D eigenvalue weighted by Crippen LogP contribution is -2.15. The van der Waals surface area contributed by atoms with E-state index < -0.39 is 6.04 Å². The third kappa shape index (κ3) is 3.60. The van der Waals surface area contributed by atoms with Crippen LogP contribution in [0, 0.1) is 5.82 Å². The number of ether oxygens (including phenoxy) is 2. The van der Waals surface area contributed by atoms with Crippen LogP contribution in [-0.4, -0.2) is 20.8 Å².